The zero-order chi connectivity index (χ0) is 19.5. The van der Waals surface area contributed by atoms with Gasteiger partial charge in [-0.15, -0.1) is 0 Å². The lowest BCUT2D eigenvalue weighted by molar-refractivity contribution is 0.0347. The molecule has 0 spiro atoms. The molecule has 1 aromatic carbocycles. The number of benzene rings is 1. The number of nitrogens with zero attached hydrogens (tertiary/aromatic N) is 1. The lowest BCUT2D eigenvalue weighted by Gasteiger charge is -2.19. The fraction of sp³-hybridized carbons (Fsp3) is 0.667. The van der Waals surface area contributed by atoms with Crippen LogP contribution in [0.5, 0.6) is 5.75 Å². The zero-order valence-corrected chi connectivity index (χ0v) is 17.2. The molecule has 152 valence electrons. The van der Waals surface area contributed by atoms with E-state index < -0.39 is 0 Å². The molecule has 1 aromatic rings. The summed E-state index contributed by atoms with van der Waals surface area (Å²) in [5.74, 6) is 2.26. The molecule has 1 saturated heterocycles. The Morgan fingerprint density at radius 1 is 1.22 bits per heavy atom. The highest BCUT2D eigenvalue weighted by atomic mass is 16.5. The molecule has 0 saturated carbocycles. The van der Waals surface area contributed by atoms with Crippen LogP contribution in [-0.4, -0.2) is 58.1 Å². The maximum atomic E-state index is 5.85. The summed E-state index contributed by atoms with van der Waals surface area (Å²) in [5.41, 5.74) is 1.27. The molecular weight excluding hydrogens is 342 g/mol. The van der Waals surface area contributed by atoms with Crippen LogP contribution >= 0.6 is 0 Å². The van der Waals surface area contributed by atoms with Crippen LogP contribution in [0.2, 0.25) is 0 Å². The number of ether oxygens (including phenoxy) is 3. The van der Waals surface area contributed by atoms with Crippen molar-refractivity contribution in [2.75, 3.05) is 40.0 Å². The van der Waals surface area contributed by atoms with Gasteiger partial charge in [-0.3, -0.25) is 4.99 Å². The number of guanidine groups is 1. The van der Waals surface area contributed by atoms with Crippen molar-refractivity contribution in [1.29, 1.82) is 0 Å². The van der Waals surface area contributed by atoms with E-state index in [1.807, 2.05) is 12.1 Å². The Labute approximate surface area is 163 Å². The monoisotopic (exact) mass is 377 g/mol. The molecule has 2 N–H and O–H groups in total. The first-order chi connectivity index (χ1) is 13.1. The molecule has 1 heterocycles. The van der Waals surface area contributed by atoms with E-state index in [1.54, 1.807) is 7.05 Å². The van der Waals surface area contributed by atoms with Gasteiger partial charge in [-0.05, 0) is 43.4 Å². The second-order valence-corrected chi connectivity index (χ2v) is 7.46. The Balaban J connectivity index is 1.64. The van der Waals surface area contributed by atoms with Crippen molar-refractivity contribution >= 4 is 5.96 Å². The van der Waals surface area contributed by atoms with Gasteiger partial charge in [0.1, 0.15) is 5.75 Å². The molecule has 0 aromatic heterocycles. The van der Waals surface area contributed by atoms with E-state index in [1.165, 1.54) is 5.56 Å². The van der Waals surface area contributed by atoms with Gasteiger partial charge < -0.3 is 24.8 Å². The fourth-order valence-electron chi connectivity index (χ4n) is 2.73. The van der Waals surface area contributed by atoms with Gasteiger partial charge >= 0.3 is 0 Å². The highest BCUT2D eigenvalue weighted by Gasteiger charge is 2.17. The first-order valence-electron chi connectivity index (χ1n) is 9.95. The topological polar surface area (TPSA) is 64.1 Å². The van der Waals surface area contributed by atoms with Crippen LogP contribution in [0.3, 0.4) is 0 Å². The fourth-order valence-corrected chi connectivity index (χ4v) is 2.73. The van der Waals surface area contributed by atoms with Gasteiger partial charge in [-0.2, -0.15) is 0 Å². The van der Waals surface area contributed by atoms with Gasteiger partial charge in [-0.1, -0.05) is 26.0 Å². The first-order valence-corrected chi connectivity index (χ1v) is 9.95. The number of nitrogens with one attached hydrogen (secondary N) is 2. The van der Waals surface area contributed by atoms with Crippen LogP contribution in [0, 0.1) is 5.92 Å². The summed E-state index contributed by atoms with van der Waals surface area (Å²) in [6, 6.07) is 8.50. The van der Waals surface area contributed by atoms with Crippen molar-refractivity contribution < 1.29 is 14.2 Å². The van der Waals surface area contributed by atoms with Crippen LogP contribution in [0.1, 0.15) is 32.8 Å². The van der Waals surface area contributed by atoms with Crippen LogP contribution in [0.15, 0.2) is 29.3 Å². The van der Waals surface area contributed by atoms with Crippen molar-refractivity contribution in [3.05, 3.63) is 29.8 Å². The molecule has 2 unspecified atom stereocenters. The van der Waals surface area contributed by atoms with Crippen LogP contribution in [0.4, 0.5) is 0 Å². The van der Waals surface area contributed by atoms with E-state index in [-0.39, 0.29) is 12.1 Å². The maximum Gasteiger partial charge on any atom is 0.191 e. The smallest absolute Gasteiger partial charge is 0.191 e. The molecule has 0 aliphatic carbocycles. The van der Waals surface area contributed by atoms with E-state index in [9.17, 15) is 0 Å². The minimum atomic E-state index is 0.189. The van der Waals surface area contributed by atoms with Crippen molar-refractivity contribution in [3.63, 3.8) is 0 Å². The van der Waals surface area contributed by atoms with Crippen molar-refractivity contribution in [2.24, 2.45) is 10.9 Å². The number of hydrogen-bond acceptors (Lipinski definition) is 4. The minimum Gasteiger partial charge on any atom is -0.493 e. The second-order valence-electron chi connectivity index (χ2n) is 7.46. The summed E-state index contributed by atoms with van der Waals surface area (Å²) in [7, 11) is 1.79. The maximum absolute atomic E-state index is 5.85. The van der Waals surface area contributed by atoms with Gasteiger partial charge in [0.05, 0.1) is 25.9 Å². The summed E-state index contributed by atoms with van der Waals surface area (Å²) in [6.07, 6.45) is 2.15. The third kappa shape index (κ3) is 8.63. The first kappa shape index (κ1) is 21.5. The van der Waals surface area contributed by atoms with Crippen molar-refractivity contribution in [2.45, 2.75) is 45.8 Å². The third-order valence-electron chi connectivity index (χ3n) is 4.29. The molecule has 1 aliphatic heterocycles. The molecule has 27 heavy (non-hydrogen) atoms. The lowest BCUT2D eigenvalue weighted by Crippen LogP contribution is -2.45. The highest BCUT2D eigenvalue weighted by molar-refractivity contribution is 5.79. The highest BCUT2D eigenvalue weighted by Crippen LogP contribution is 2.13. The van der Waals surface area contributed by atoms with Crippen LogP contribution in [0.25, 0.3) is 0 Å². The summed E-state index contributed by atoms with van der Waals surface area (Å²) in [5, 5.41) is 6.73. The quantitative estimate of drug-likeness (QED) is 0.485. The molecule has 6 heteroatoms. The van der Waals surface area contributed by atoms with Crippen molar-refractivity contribution in [3.8, 4) is 5.75 Å². The summed E-state index contributed by atoms with van der Waals surface area (Å²) in [6.45, 7) is 10.1. The summed E-state index contributed by atoms with van der Waals surface area (Å²) in [4.78, 5) is 4.29. The van der Waals surface area contributed by atoms with E-state index in [0.717, 1.165) is 44.3 Å². The van der Waals surface area contributed by atoms with E-state index in [2.05, 4.69) is 48.5 Å². The largest absolute Gasteiger partial charge is 0.493 e. The molecule has 0 amide bonds. The standard InChI is InChI=1S/C21H35N3O3/c1-16(2)13-26-19-7-5-18(6-8-19)9-11-23-21(22-4)24-17(3)14-27-20-10-12-25-15-20/h5-8,16-17,20H,9-15H2,1-4H3,(H2,22,23,24). The Morgan fingerprint density at radius 3 is 2.63 bits per heavy atom. The average molecular weight is 378 g/mol. The Bertz CT molecular complexity index is 554. The van der Waals surface area contributed by atoms with E-state index in [4.69, 9.17) is 14.2 Å². The Morgan fingerprint density at radius 2 is 2.00 bits per heavy atom. The molecular formula is C21H35N3O3. The van der Waals surface area contributed by atoms with E-state index in [0.29, 0.717) is 19.1 Å². The predicted octanol–water partition coefficient (Wildman–Crippen LogP) is 2.62. The molecule has 6 nitrogen and oxygen atoms in total. The summed E-state index contributed by atoms with van der Waals surface area (Å²) < 4.78 is 16.9. The van der Waals surface area contributed by atoms with Gasteiger partial charge in [0.2, 0.25) is 0 Å². The Kier molecular flexibility index (Phi) is 9.42. The molecule has 0 bridgehead atoms. The normalized spacial score (nSPS) is 18.6. The van der Waals surface area contributed by atoms with E-state index >= 15 is 0 Å². The minimum absolute atomic E-state index is 0.189. The molecule has 2 rings (SSSR count). The molecule has 0 radical (unpaired) electrons. The second kappa shape index (κ2) is 11.8. The van der Waals surface area contributed by atoms with Gasteiger partial charge in [0.25, 0.3) is 0 Å². The average Bonchev–Trinajstić information content (AvgIpc) is 3.18. The number of rotatable bonds is 10. The molecule has 2 atom stereocenters. The third-order valence-corrected chi connectivity index (χ3v) is 4.29. The van der Waals surface area contributed by atoms with Gasteiger partial charge in [0, 0.05) is 26.2 Å². The lowest BCUT2D eigenvalue weighted by atomic mass is 10.1. The van der Waals surface area contributed by atoms with Crippen LogP contribution < -0.4 is 15.4 Å². The van der Waals surface area contributed by atoms with Crippen molar-refractivity contribution in [1.82, 2.24) is 10.6 Å². The SMILES string of the molecule is CN=C(NCCc1ccc(OCC(C)C)cc1)NC(C)COC1CCOC1. The summed E-state index contributed by atoms with van der Waals surface area (Å²) >= 11 is 0. The number of hydrogen-bond donors (Lipinski definition) is 2. The van der Waals surface area contributed by atoms with Crippen LogP contribution in [-0.2, 0) is 15.9 Å². The molecule has 1 aliphatic rings. The van der Waals surface area contributed by atoms with Gasteiger partial charge in [0.15, 0.2) is 5.96 Å². The number of aliphatic imine (C=N–C) groups is 1. The van der Waals surface area contributed by atoms with Gasteiger partial charge in [-0.25, -0.2) is 0 Å². The Hall–Kier alpha value is -1.79. The molecule has 1 fully saturated rings. The predicted molar refractivity (Wildman–Crippen MR) is 110 cm³/mol. The zero-order valence-electron chi connectivity index (χ0n) is 17.2.